The molecule has 0 unspecified atom stereocenters. The first-order valence-electron chi connectivity index (χ1n) is 21.4. The van der Waals surface area contributed by atoms with Crippen LogP contribution in [0.25, 0.3) is 11.0 Å². The first-order chi connectivity index (χ1) is 28.5. The topological polar surface area (TPSA) is 124 Å². The Morgan fingerprint density at radius 2 is 1.46 bits per heavy atom. The Hall–Kier alpha value is -5.23. The second-order valence-corrected chi connectivity index (χ2v) is 16.9. The molecule has 0 radical (unpaired) electrons. The Bertz CT molecular complexity index is 2390. The minimum Gasteiger partial charge on any atom is -0.385 e. The van der Waals surface area contributed by atoms with Gasteiger partial charge in [-0.2, -0.15) is 4.98 Å². The molecule has 5 aromatic rings. The first-order valence-corrected chi connectivity index (χ1v) is 21.4. The minimum atomic E-state index is -0.855. The molecular formula is C48H57N7O4. The molecule has 11 nitrogen and oxygen atoms in total. The lowest BCUT2D eigenvalue weighted by molar-refractivity contribution is -0.0278. The van der Waals surface area contributed by atoms with E-state index >= 15 is 0 Å². The highest BCUT2D eigenvalue weighted by molar-refractivity contribution is 5.99. The summed E-state index contributed by atoms with van der Waals surface area (Å²) in [5.41, 5.74) is 7.71. The monoisotopic (exact) mass is 795 g/mol. The number of rotatable bonds is 12. The maximum absolute atomic E-state index is 13.6. The van der Waals surface area contributed by atoms with Crippen molar-refractivity contribution in [1.82, 2.24) is 24.3 Å². The molecule has 59 heavy (non-hydrogen) atoms. The van der Waals surface area contributed by atoms with Crippen LogP contribution in [0.4, 0.5) is 17.3 Å². The second kappa shape index (κ2) is 17.2. The molecule has 0 amide bonds. The van der Waals surface area contributed by atoms with E-state index in [0.29, 0.717) is 30.0 Å². The number of carbonyl (C=O) groups is 2. The van der Waals surface area contributed by atoms with Crippen molar-refractivity contribution in [3.8, 4) is 0 Å². The molecule has 11 heteroatoms. The molecule has 2 saturated heterocycles. The number of nitrogens with zero attached hydrogens (tertiary/aromatic N) is 6. The van der Waals surface area contributed by atoms with Crippen molar-refractivity contribution >= 4 is 39.9 Å². The van der Waals surface area contributed by atoms with Crippen molar-refractivity contribution in [2.45, 2.75) is 97.4 Å². The van der Waals surface area contributed by atoms with Gasteiger partial charge in [-0.15, -0.1) is 0 Å². The smallest absolute Gasteiger partial charge is 0.263 e. The fourth-order valence-corrected chi connectivity index (χ4v) is 9.51. The lowest BCUT2D eigenvalue weighted by atomic mass is 9.82. The molecule has 3 aromatic carbocycles. The molecule has 1 saturated carbocycles. The molecular weight excluding hydrogens is 739 g/mol. The molecule has 1 aliphatic carbocycles. The number of aromatic nitrogens is 3. The van der Waals surface area contributed by atoms with Crippen LogP contribution in [-0.4, -0.2) is 80.3 Å². The summed E-state index contributed by atoms with van der Waals surface area (Å²) < 4.78 is 1.75. The van der Waals surface area contributed by atoms with E-state index in [-0.39, 0.29) is 28.7 Å². The highest BCUT2D eigenvalue weighted by Crippen LogP contribution is 2.35. The summed E-state index contributed by atoms with van der Waals surface area (Å²) in [5.74, 6) is 0.275. The van der Waals surface area contributed by atoms with E-state index in [9.17, 15) is 19.5 Å². The fraction of sp³-hybridized carbons (Fsp3) is 0.438. The maximum Gasteiger partial charge on any atom is 0.263 e. The third kappa shape index (κ3) is 8.60. The lowest BCUT2D eigenvalue weighted by Gasteiger charge is -2.39. The zero-order valence-electron chi connectivity index (χ0n) is 35.0. The predicted octanol–water partition coefficient (Wildman–Crippen LogP) is 7.73. The van der Waals surface area contributed by atoms with Crippen molar-refractivity contribution in [2.24, 2.45) is 0 Å². The minimum absolute atomic E-state index is 0.0368. The zero-order valence-corrected chi connectivity index (χ0v) is 35.0. The maximum atomic E-state index is 13.6. The highest BCUT2D eigenvalue weighted by atomic mass is 16.3. The summed E-state index contributed by atoms with van der Waals surface area (Å²) in [6, 6.07) is 23.3. The number of piperidine rings is 1. The fourth-order valence-electron chi connectivity index (χ4n) is 9.51. The van der Waals surface area contributed by atoms with Gasteiger partial charge in [-0.25, -0.2) is 4.98 Å². The molecule has 4 heterocycles. The Morgan fingerprint density at radius 1 is 0.831 bits per heavy atom. The summed E-state index contributed by atoms with van der Waals surface area (Å²) in [6.07, 6.45) is 7.80. The molecule has 3 fully saturated rings. The molecule has 0 bridgehead atoms. The van der Waals surface area contributed by atoms with Crippen molar-refractivity contribution in [2.75, 3.05) is 49.5 Å². The SMILES string of the molecule is CCc1cc(C2(O)CCN(Cc3ccc(CN4CCN(c5ccc(Nc6ncc7c(C)c(C(C)=O)c(=O)n(C8CCCC8)c7n6)cc5)CC4)cc3)CC2)ccc1C(C)=O. The van der Waals surface area contributed by atoms with Crippen molar-refractivity contribution in [3.05, 3.63) is 122 Å². The molecule has 2 N–H and O–H groups in total. The Kier molecular flexibility index (Phi) is 11.8. The van der Waals surface area contributed by atoms with Crippen molar-refractivity contribution < 1.29 is 14.7 Å². The van der Waals surface area contributed by atoms with Crippen LogP contribution in [0.2, 0.25) is 0 Å². The number of aryl methyl sites for hydroxylation is 2. The Balaban J connectivity index is 0.824. The van der Waals surface area contributed by atoms with Crippen LogP contribution in [-0.2, 0) is 25.1 Å². The molecule has 8 rings (SSSR count). The number of anilines is 3. The van der Waals surface area contributed by atoms with Gasteiger partial charge in [0.05, 0.1) is 11.2 Å². The molecule has 0 atom stereocenters. The number of benzene rings is 3. The van der Waals surface area contributed by atoms with Gasteiger partial charge >= 0.3 is 0 Å². The van der Waals surface area contributed by atoms with Gasteiger partial charge in [0.2, 0.25) is 5.95 Å². The summed E-state index contributed by atoms with van der Waals surface area (Å²) in [6.45, 7) is 14.2. The van der Waals surface area contributed by atoms with Gasteiger partial charge in [0.15, 0.2) is 11.6 Å². The average Bonchev–Trinajstić information content (AvgIpc) is 3.77. The van der Waals surface area contributed by atoms with E-state index in [4.69, 9.17) is 4.98 Å². The summed E-state index contributed by atoms with van der Waals surface area (Å²) in [5, 5.41) is 15.6. The van der Waals surface area contributed by atoms with Crippen molar-refractivity contribution in [1.29, 1.82) is 0 Å². The van der Waals surface area contributed by atoms with Gasteiger partial charge in [0, 0.05) is 86.9 Å². The van der Waals surface area contributed by atoms with E-state index in [1.165, 1.54) is 23.7 Å². The van der Waals surface area contributed by atoms with Crippen LogP contribution in [0.5, 0.6) is 0 Å². The number of likely N-dealkylation sites (tertiary alicyclic amines) is 1. The van der Waals surface area contributed by atoms with E-state index in [1.807, 2.05) is 37.3 Å². The zero-order chi connectivity index (χ0) is 41.3. The number of nitrogens with one attached hydrogen (secondary N) is 1. The van der Waals surface area contributed by atoms with Gasteiger partial charge in [-0.05, 0) is 105 Å². The number of hydrogen-bond acceptors (Lipinski definition) is 10. The standard InChI is InChI=1S/C48H57N7O4/c1-5-37-28-38(14-19-42(37)33(3)56)48(59)20-22-52(23-21-48)30-35-10-12-36(13-11-35)31-53-24-26-54(27-25-53)40-17-15-39(16-18-40)50-47-49-29-43-32(2)44(34(4)57)46(58)55(45(43)51-47)41-8-6-7-9-41/h10-19,28-29,41,59H,5-9,20-27,30-31H2,1-4H3,(H,49,50,51). The summed E-state index contributed by atoms with van der Waals surface area (Å²) >= 11 is 0. The van der Waals surface area contributed by atoms with E-state index < -0.39 is 5.60 Å². The van der Waals surface area contributed by atoms with Crippen LogP contribution in [0, 0.1) is 6.92 Å². The van der Waals surface area contributed by atoms with E-state index in [2.05, 4.69) is 68.3 Å². The van der Waals surface area contributed by atoms with E-state index in [0.717, 1.165) is 112 Å². The van der Waals surface area contributed by atoms with Crippen LogP contribution in [0.3, 0.4) is 0 Å². The number of fused-ring (bicyclic) bond motifs is 1. The van der Waals surface area contributed by atoms with Crippen LogP contribution in [0.1, 0.15) is 114 Å². The van der Waals surface area contributed by atoms with Gasteiger partial charge in [-0.1, -0.05) is 62.2 Å². The van der Waals surface area contributed by atoms with E-state index in [1.54, 1.807) is 17.7 Å². The van der Waals surface area contributed by atoms with Crippen LogP contribution < -0.4 is 15.8 Å². The quantitative estimate of drug-likeness (QED) is 0.121. The van der Waals surface area contributed by atoms with Gasteiger partial charge in [0.25, 0.3) is 5.56 Å². The number of aliphatic hydroxyl groups is 1. The number of carbonyl (C=O) groups excluding carboxylic acids is 2. The third-order valence-corrected chi connectivity index (χ3v) is 13.0. The molecule has 308 valence electrons. The Morgan fingerprint density at radius 3 is 2.05 bits per heavy atom. The summed E-state index contributed by atoms with van der Waals surface area (Å²) in [7, 11) is 0. The number of Topliss-reactive ketones (excluding diaryl/α,β-unsaturated/α-hetero) is 2. The van der Waals surface area contributed by atoms with Gasteiger partial charge < -0.3 is 15.3 Å². The first kappa shape index (κ1) is 40.5. The van der Waals surface area contributed by atoms with Crippen LogP contribution in [0.15, 0.2) is 77.7 Å². The largest absolute Gasteiger partial charge is 0.385 e. The molecule has 2 aliphatic heterocycles. The molecule has 3 aliphatic rings. The average molecular weight is 796 g/mol. The van der Waals surface area contributed by atoms with Crippen LogP contribution >= 0.6 is 0 Å². The van der Waals surface area contributed by atoms with Gasteiger partial charge in [-0.3, -0.25) is 28.8 Å². The number of ketones is 2. The molecule has 0 spiro atoms. The third-order valence-electron chi connectivity index (χ3n) is 13.0. The number of hydrogen-bond donors (Lipinski definition) is 2. The lowest BCUT2D eigenvalue weighted by Crippen LogP contribution is -2.45. The second-order valence-electron chi connectivity index (χ2n) is 16.9. The summed E-state index contributed by atoms with van der Waals surface area (Å²) in [4.78, 5) is 54.9. The van der Waals surface area contributed by atoms with Crippen molar-refractivity contribution in [3.63, 3.8) is 0 Å². The predicted molar refractivity (Wildman–Crippen MR) is 234 cm³/mol. The molecule has 2 aromatic heterocycles. The number of piperazine rings is 1. The van der Waals surface area contributed by atoms with Gasteiger partial charge in [0.1, 0.15) is 5.65 Å². The Labute approximate surface area is 347 Å². The normalized spacial score (nSPS) is 17.7. The highest BCUT2D eigenvalue weighted by Gasteiger charge is 2.34. The number of pyridine rings is 1.